The molecular weight excluding hydrogens is 620 g/mol. The van der Waals surface area contributed by atoms with Crippen molar-refractivity contribution in [2.45, 2.75) is 63.7 Å². The van der Waals surface area contributed by atoms with Crippen molar-refractivity contribution in [3.05, 3.63) is 94.6 Å². The highest BCUT2D eigenvalue weighted by molar-refractivity contribution is 6.39. The van der Waals surface area contributed by atoms with Crippen molar-refractivity contribution < 1.29 is 38.4 Å². The van der Waals surface area contributed by atoms with E-state index in [1.54, 1.807) is 10.6 Å². The van der Waals surface area contributed by atoms with E-state index >= 15 is 4.39 Å². The fourth-order valence-corrected chi connectivity index (χ4v) is 7.41. The van der Waals surface area contributed by atoms with E-state index in [0.717, 1.165) is 16.0 Å². The number of aliphatic hydroxyl groups excluding tert-OH is 3. The maximum Gasteiger partial charge on any atom is 0.262 e. The van der Waals surface area contributed by atoms with Crippen LogP contribution in [-0.4, -0.2) is 66.5 Å². The average Bonchev–Trinajstić information content (AvgIpc) is 3.66. The van der Waals surface area contributed by atoms with Crippen LogP contribution in [0, 0.1) is 11.6 Å². The van der Waals surface area contributed by atoms with Crippen LogP contribution in [0.25, 0.3) is 43.6 Å². The van der Waals surface area contributed by atoms with Gasteiger partial charge in [-0.25, -0.2) is 8.78 Å². The van der Waals surface area contributed by atoms with Gasteiger partial charge in [0.15, 0.2) is 0 Å². The maximum atomic E-state index is 15.0. The molecule has 246 valence electrons. The molecule has 2 aliphatic rings. The van der Waals surface area contributed by atoms with E-state index in [1.807, 2.05) is 24.3 Å². The number of nitrogens with zero attached hydrogens (tertiary/aromatic N) is 2. The van der Waals surface area contributed by atoms with E-state index in [2.05, 4.69) is 25.8 Å². The number of nitrogens with one attached hydrogen (secondary N) is 1. The Morgan fingerprint density at radius 2 is 1.54 bits per heavy atom. The molecule has 0 spiro atoms. The van der Waals surface area contributed by atoms with Gasteiger partial charge < -0.3 is 29.6 Å². The highest BCUT2D eigenvalue weighted by Crippen LogP contribution is 2.47. The predicted octanol–water partition coefficient (Wildman–Crippen LogP) is 5.80. The molecule has 0 bridgehead atoms. The molecule has 9 nitrogen and oxygen atoms in total. The van der Waals surface area contributed by atoms with Gasteiger partial charge in [-0.05, 0) is 52.9 Å². The molecule has 0 unspecified atom stereocenters. The maximum absolute atomic E-state index is 15.0. The second-order valence-electron chi connectivity index (χ2n) is 13.8. The van der Waals surface area contributed by atoms with Gasteiger partial charge in [0.1, 0.15) is 30.1 Å². The van der Waals surface area contributed by atoms with E-state index in [-0.39, 0.29) is 29.5 Å². The first-order valence-corrected chi connectivity index (χ1v) is 15.9. The first-order valence-electron chi connectivity index (χ1n) is 15.9. The molecule has 48 heavy (non-hydrogen) atoms. The summed E-state index contributed by atoms with van der Waals surface area (Å²) >= 11 is 0. The van der Waals surface area contributed by atoms with Crippen LogP contribution >= 0.6 is 0 Å². The standard InChI is InChI=1S/C37H33F2N3O6/c1-37(2,3)18-6-4-17(5-7-18)15-41-35(46)30-28-21-12-19(38)8-10-23(21)40-32(28)33-29(31(30)36(41)47)22-13-20(39)9-11-24(22)42(33)27-14-25(44)34(45)26(16-43)48-27/h4-13,25-27,34,40,43-45H,14-16H2,1-3H3/t25-,26-,27-,34+/m1/s1. The fourth-order valence-electron chi connectivity index (χ4n) is 7.41. The van der Waals surface area contributed by atoms with Gasteiger partial charge in [0.25, 0.3) is 11.8 Å². The Bertz CT molecular complexity index is 2320. The first kappa shape index (κ1) is 30.6. The SMILES string of the molecule is CC(C)(C)c1ccc(CN2C(=O)c3c(c4c5cc(F)ccc5n([C@H]5C[C@@H](O)[C@H](O)[C@@H](CO)O5)c4c4[nH]c5ccc(F)cc5c34)C2=O)cc1. The molecule has 1 saturated heterocycles. The zero-order valence-electron chi connectivity index (χ0n) is 26.4. The van der Waals surface area contributed by atoms with Crippen molar-refractivity contribution in [3.63, 3.8) is 0 Å². The molecule has 4 N–H and O–H groups in total. The van der Waals surface area contributed by atoms with Crippen LogP contribution in [0.4, 0.5) is 8.78 Å². The molecule has 11 heteroatoms. The van der Waals surface area contributed by atoms with Crippen LogP contribution in [0.1, 0.15) is 65.3 Å². The normalized spacial score (nSPS) is 21.8. The third-order valence-corrected chi connectivity index (χ3v) is 9.81. The van der Waals surface area contributed by atoms with Gasteiger partial charge in [-0.1, -0.05) is 45.0 Å². The molecule has 4 heterocycles. The minimum Gasteiger partial charge on any atom is -0.394 e. The average molecular weight is 654 g/mol. The van der Waals surface area contributed by atoms with Crippen LogP contribution in [-0.2, 0) is 16.7 Å². The van der Waals surface area contributed by atoms with Crippen molar-refractivity contribution in [1.29, 1.82) is 0 Å². The van der Waals surface area contributed by atoms with Crippen molar-refractivity contribution >= 4 is 55.4 Å². The minimum atomic E-state index is -1.35. The number of amides is 2. The largest absolute Gasteiger partial charge is 0.394 e. The van der Waals surface area contributed by atoms with Gasteiger partial charge in [-0.2, -0.15) is 0 Å². The van der Waals surface area contributed by atoms with Crippen LogP contribution < -0.4 is 0 Å². The summed E-state index contributed by atoms with van der Waals surface area (Å²) in [5.41, 5.74) is 3.60. The summed E-state index contributed by atoms with van der Waals surface area (Å²) in [7, 11) is 0. The Labute approximate surface area is 272 Å². The fraction of sp³-hybridized carbons (Fsp3) is 0.297. The topological polar surface area (TPSA) is 128 Å². The van der Waals surface area contributed by atoms with E-state index in [1.165, 1.54) is 30.3 Å². The molecule has 2 aliphatic heterocycles. The number of aliphatic hydroxyl groups is 3. The van der Waals surface area contributed by atoms with Gasteiger partial charge in [0.2, 0.25) is 0 Å². The molecule has 6 aromatic rings. The number of benzene rings is 4. The summed E-state index contributed by atoms with van der Waals surface area (Å²) in [4.78, 5) is 33.4. The third-order valence-electron chi connectivity index (χ3n) is 9.81. The molecule has 4 aromatic carbocycles. The van der Waals surface area contributed by atoms with Crippen molar-refractivity contribution in [2.75, 3.05) is 6.61 Å². The van der Waals surface area contributed by atoms with Crippen molar-refractivity contribution in [1.82, 2.24) is 14.5 Å². The minimum absolute atomic E-state index is 0.0164. The molecule has 4 atom stereocenters. The number of ether oxygens (including phenoxy) is 1. The smallest absolute Gasteiger partial charge is 0.262 e. The summed E-state index contributed by atoms with van der Waals surface area (Å²) in [6.07, 6.45) is -4.80. The molecule has 0 saturated carbocycles. The van der Waals surface area contributed by atoms with Crippen molar-refractivity contribution in [2.24, 2.45) is 0 Å². The molecule has 8 rings (SSSR count). The van der Waals surface area contributed by atoms with Crippen LogP contribution in [0.3, 0.4) is 0 Å². The molecule has 0 radical (unpaired) electrons. The van der Waals surface area contributed by atoms with Gasteiger partial charge in [-0.3, -0.25) is 14.5 Å². The lowest BCUT2D eigenvalue weighted by Crippen LogP contribution is -2.48. The number of aromatic amines is 1. The van der Waals surface area contributed by atoms with Gasteiger partial charge >= 0.3 is 0 Å². The van der Waals surface area contributed by atoms with Gasteiger partial charge in [-0.15, -0.1) is 0 Å². The molecule has 1 fully saturated rings. The second kappa shape index (κ2) is 10.7. The number of halogens is 2. The Hall–Kier alpha value is -4.68. The molecule has 2 aromatic heterocycles. The highest BCUT2D eigenvalue weighted by atomic mass is 19.1. The number of hydrogen-bond acceptors (Lipinski definition) is 6. The summed E-state index contributed by atoms with van der Waals surface area (Å²) in [5.74, 6) is -2.25. The summed E-state index contributed by atoms with van der Waals surface area (Å²) in [6, 6.07) is 15.9. The van der Waals surface area contributed by atoms with Gasteiger partial charge in [0.05, 0.1) is 46.9 Å². The van der Waals surface area contributed by atoms with Crippen LogP contribution in [0.2, 0.25) is 0 Å². The zero-order chi connectivity index (χ0) is 33.8. The lowest BCUT2D eigenvalue weighted by molar-refractivity contribution is -0.198. The number of imide groups is 1. The van der Waals surface area contributed by atoms with E-state index in [0.29, 0.717) is 43.6 Å². The highest BCUT2D eigenvalue weighted by Gasteiger charge is 2.43. The van der Waals surface area contributed by atoms with Crippen LogP contribution in [0.5, 0.6) is 0 Å². The number of aromatic nitrogens is 2. The molecular formula is C37H33F2N3O6. The quantitative estimate of drug-likeness (QED) is 0.178. The van der Waals surface area contributed by atoms with E-state index in [9.17, 15) is 29.3 Å². The lowest BCUT2D eigenvalue weighted by Gasteiger charge is -2.37. The van der Waals surface area contributed by atoms with Gasteiger partial charge in [0, 0.05) is 33.5 Å². The monoisotopic (exact) mass is 653 g/mol. The number of fused-ring (bicyclic) bond motifs is 10. The second-order valence-corrected chi connectivity index (χ2v) is 13.8. The van der Waals surface area contributed by atoms with E-state index < -0.39 is 54.6 Å². The summed E-state index contributed by atoms with van der Waals surface area (Å²) in [6.45, 7) is 5.69. The Kier molecular flexibility index (Phi) is 6.81. The van der Waals surface area contributed by atoms with Crippen LogP contribution in [0.15, 0.2) is 60.7 Å². The Morgan fingerprint density at radius 3 is 2.21 bits per heavy atom. The first-order chi connectivity index (χ1) is 22.9. The van der Waals surface area contributed by atoms with E-state index in [4.69, 9.17) is 4.74 Å². The third kappa shape index (κ3) is 4.42. The number of carbonyl (C=O) groups excluding carboxylic acids is 2. The molecule has 0 aliphatic carbocycles. The number of rotatable bonds is 4. The Morgan fingerprint density at radius 1 is 0.896 bits per heavy atom. The number of H-pyrrole nitrogens is 1. The molecule has 2 amide bonds. The number of carbonyl (C=O) groups is 2. The predicted molar refractivity (Wildman–Crippen MR) is 176 cm³/mol. The lowest BCUT2D eigenvalue weighted by atomic mass is 9.87. The van der Waals surface area contributed by atoms with Crippen molar-refractivity contribution in [3.8, 4) is 0 Å². The summed E-state index contributed by atoms with van der Waals surface area (Å²) in [5, 5.41) is 32.6. The number of hydrogen-bond donors (Lipinski definition) is 4. The Balaban J connectivity index is 1.43. The zero-order valence-corrected chi connectivity index (χ0v) is 26.4. The summed E-state index contributed by atoms with van der Waals surface area (Å²) < 4.78 is 37.6.